The molecule has 2 rings (SSSR count). The fourth-order valence-electron chi connectivity index (χ4n) is 1.67. The molecule has 0 unspecified atom stereocenters. The second kappa shape index (κ2) is 5.46. The minimum atomic E-state index is -0.990. The van der Waals surface area contributed by atoms with E-state index in [0.29, 0.717) is 6.07 Å². The second-order valence-corrected chi connectivity index (χ2v) is 4.63. The lowest BCUT2D eigenvalue weighted by molar-refractivity contribution is 0.102. The van der Waals surface area contributed by atoms with E-state index < -0.39 is 17.5 Å². The van der Waals surface area contributed by atoms with E-state index in [2.05, 4.69) is 5.32 Å². The summed E-state index contributed by atoms with van der Waals surface area (Å²) >= 11 is 5.68. The van der Waals surface area contributed by atoms with E-state index in [4.69, 9.17) is 11.6 Å². The van der Waals surface area contributed by atoms with Gasteiger partial charge in [0.25, 0.3) is 5.91 Å². The molecule has 20 heavy (non-hydrogen) atoms. The summed E-state index contributed by atoms with van der Waals surface area (Å²) in [5, 5.41) is 11.6. The zero-order valence-corrected chi connectivity index (χ0v) is 11.1. The van der Waals surface area contributed by atoms with Crippen molar-refractivity contribution in [1.29, 1.82) is 0 Å². The molecule has 0 saturated heterocycles. The Kier molecular flexibility index (Phi) is 3.90. The Hall–Kier alpha value is -2.14. The van der Waals surface area contributed by atoms with E-state index in [1.807, 2.05) is 0 Å². The van der Waals surface area contributed by atoms with Crippen LogP contribution in [0.5, 0.6) is 5.75 Å². The van der Waals surface area contributed by atoms with Gasteiger partial charge in [0.15, 0.2) is 5.82 Å². The number of benzene rings is 2. The number of hydrogen-bond acceptors (Lipinski definition) is 2. The van der Waals surface area contributed by atoms with E-state index in [9.17, 15) is 18.7 Å². The molecule has 0 saturated carbocycles. The number of amides is 1. The smallest absolute Gasteiger partial charge is 0.259 e. The van der Waals surface area contributed by atoms with Crippen molar-refractivity contribution in [3.63, 3.8) is 0 Å². The number of phenols is 1. The average Bonchev–Trinajstić information content (AvgIpc) is 2.36. The summed E-state index contributed by atoms with van der Waals surface area (Å²) in [7, 11) is 0. The zero-order valence-electron chi connectivity index (χ0n) is 10.4. The number of nitrogens with one attached hydrogen (secondary N) is 1. The molecule has 6 heteroatoms. The Morgan fingerprint density at radius 1 is 1.25 bits per heavy atom. The molecule has 2 N–H and O–H groups in total. The van der Waals surface area contributed by atoms with Crippen LogP contribution in [0.4, 0.5) is 14.5 Å². The Morgan fingerprint density at radius 3 is 2.60 bits per heavy atom. The number of carbonyl (C=O) groups excluding carboxylic acids is 1. The predicted molar refractivity (Wildman–Crippen MR) is 72.2 cm³/mol. The summed E-state index contributed by atoms with van der Waals surface area (Å²) < 4.78 is 26.5. The fourth-order valence-corrected chi connectivity index (χ4v) is 1.92. The molecule has 0 aliphatic heterocycles. The van der Waals surface area contributed by atoms with Crippen molar-refractivity contribution in [2.24, 2.45) is 0 Å². The summed E-state index contributed by atoms with van der Waals surface area (Å²) in [5.74, 6) is -2.82. The zero-order chi connectivity index (χ0) is 14.9. The van der Waals surface area contributed by atoms with Crippen LogP contribution in [0, 0.1) is 18.6 Å². The van der Waals surface area contributed by atoms with Gasteiger partial charge >= 0.3 is 0 Å². The van der Waals surface area contributed by atoms with Crippen LogP contribution in [-0.4, -0.2) is 11.0 Å². The first-order valence-corrected chi connectivity index (χ1v) is 6.02. The lowest BCUT2D eigenvalue weighted by Gasteiger charge is -2.10. The van der Waals surface area contributed by atoms with E-state index in [1.165, 1.54) is 12.1 Å². The van der Waals surface area contributed by atoms with Gasteiger partial charge in [0.2, 0.25) is 0 Å². The minimum absolute atomic E-state index is 0.0233. The van der Waals surface area contributed by atoms with Gasteiger partial charge in [0.1, 0.15) is 11.6 Å². The van der Waals surface area contributed by atoms with Crippen molar-refractivity contribution in [1.82, 2.24) is 0 Å². The first-order chi connectivity index (χ1) is 9.38. The van der Waals surface area contributed by atoms with Gasteiger partial charge in [0, 0.05) is 6.07 Å². The van der Waals surface area contributed by atoms with Crippen LogP contribution < -0.4 is 5.32 Å². The Morgan fingerprint density at radius 2 is 1.95 bits per heavy atom. The van der Waals surface area contributed by atoms with Crippen molar-refractivity contribution >= 4 is 23.2 Å². The quantitative estimate of drug-likeness (QED) is 0.883. The van der Waals surface area contributed by atoms with Crippen molar-refractivity contribution in [3.05, 3.63) is 58.1 Å². The van der Waals surface area contributed by atoms with Gasteiger partial charge < -0.3 is 10.4 Å². The largest absolute Gasteiger partial charge is 0.507 e. The molecule has 0 spiro atoms. The van der Waals surface area contributed by atoms with E-state index in [-0.39, 0.29) is 22.0 Å². The van der Waals surface area contributed by atoms with Gasteiger partial charge in [-0.3, -0.25) is 4.79 Å². The topological polar surface area (TPSA) is 49.3 Å². The molecule has 0 aliphatic carbocycles. The lowest BCUT2D eigenvalue weighted by atomic mass is 10.1. The van der Waals surface area contributed by atoms with E-state index in [0.717, 1.165) is 11.6 Å². The van der Waals surface area contributed by atoms with Crippen LogP contribution in [0.15, 0.2) is 30.3 Å². The minimum Gasteiger partial charge on any atom is -0.507 e. The van der Waals surface area contributed by atoms with Crippen LogP contribution in [0.3, 0.4) is 0 Å². The third kappa shape index (κ3) is 2.88. The maximum absolute atomic E-state index is 13.6. The van der Waals surface area contributed by atoms with Crippen molar-refractivity contribution in [2.75, 3.05) is 5.32 Å². The standard InChI is InChI=1S/C14H10ClF2NO2/c1-7-2-3-12(19)9(4-7)14(20)18-13-10(15)5-8(16)6-11(13)17/h2-6,19H,1H3,(H,18,20). The van der Waals surface area contributed by atoms with Crippen LogP contribution in [0.2, 0.25) is 5.02 Å². The van der Waals surface area contributed by atoms with Crippen LogP contribution in [-0.2, 0) is 0 Å². The van der Waals surface area contributed by atoms with Gasteiger partial charge in [-0.05, 0) is 25.1 Å². The lowest BCUT2D eigenvalue weighted by Crippen LogP contribution is -2.14. The van der Waals surface area contributed by atoms with Gasteiger partial charge in [-0.2, -0.15) is 0 Å². The molecule has 2 aromatic carbocycles. The fraction of sp³-hybridized carbons (Fsp3) is 0.0714. The highest BCUT2D eigenvalue weighted by atomic mass is 35.5. The molecule has 1 amide bonds. The van der Waals surface area contributed by atoms with Crippen molar-refractivity contribution in [2.45, 2.75) is 6.92 Å². The van der Waals surface area contributed by atoms with Crippen molar-refractivity contribution < 1.29 is 18.7 Å². The molecule has 0 aromatic heterocycles. The molecule has 0 fully saturated rings. The summed E-state index contributed by atoms with van der Waals surface area (Å²) in [6, 6.07) is 5.92. The average molecular weight is 298 g/mol. The normalized spacial score (nSPS) is 10.4. The number of aryl methyl sites for hydroxylation is 1. The number of phenolic OH excluding ortho intramolecular Hbond substituents is 1. The third-order valence-electron chi connectivity index (χ3n) is 2.64. The summed E-state index contributed by atoms with van der Waals surface area (Å²) in [6.45, 7) is 1.74. The maximum Gasteiger partial charge on any atom is 0.259 e. The van der Waals surface area contributed by atoms with Gasteiger partial charge in [-0.25, -0.2) is 8.78 Å². The first-order valence-electron chi connectivity index (χ1n) is 5.64. The number of aromatic hydroxyl groups is 1. The molecule has 3 nitrogen and oxygen atoms in total. The summed E-state index contributed by atoms with van der Waals surface area (Å²) in [4.78, 5) is 12.0. The maximum atomic E-state index is 13.6. The molecule has 2 aromatic rings. The number of halogens is 3. The van der Waals surface area contributed by atoms with Gasteiger partial charge in [-0.15, -0.1) is 0 Å². The van der Waals surface area contributed by atoms with Crippen LogP contribution in [0.1, 0.15) is 15.9 Å². The number of anilines is 1. The highest BCUT2D eigenvalue weighted by Gasteiger charge is 2.16. The van der Waals surface area contributed by atoms with Gasteiger partial charge in [0.05, 0.1) is 16.3 Å². The monoisotopic (exact) mass is 297 g/mol. The van der Waals surface area contributed by atoms with Crippen molar-refractivity contribution in [3.8, 4) is 5.75 Å². The summed E-state index contributed by atoms with van der Waals surface area (Å²) in [6.07, 6.45) is 0. The summed E-state index contributed by atoms with van der Waals surface area (Å²) in [5.41, 5.74) is 0.391. The predicted octanol–water partition coefficient (Wildman–Crippen LogP) is 3.88. The molecule has 0 bridgehead atoms. The highest BCUT2D eigenvalue weighted by Crippen LogP contribution is 2.28. The van der Waals surface area contributed by atoms with E-state index in [1.54, 1.807) is 13.0 Å². The third-order valence-corrected chi connectivity index (χ3v) is 2.94. The molecule has 0 atom stereocenters. The van der Waals surface area contributed by atoms with Crippen LogP contribution in [0.25, 0.3) is 0 Å². The number of rotatable bonds is 2. The molecule has 0 aliphatic rings. The Balaban J connectivity index is 2.35. The van der Waals surface area contributed by atoms with E-state index >= 15 is 0 Å². The number of hydrogen-bond donors (Lipinski definition) is 2. The molecule has 0 heterocycles. The Labute approximate surface area is 118 Å². The highest BCUT2D eigenvalue weighted by molar-refractivity contribution is 6.34. The second-order valence-electron chi connectivity index (χ2n) is 4.22. The molecule has 0 radical (unpaired) electrons. The molecular weight excluding hydrogens is 288 g/mol. The first kappa shape index (κ1) is 14.3. The van der Waals surface area contributed by atoms with Gasteiger partial charge in [-0.1, -0.05) is 23.2 Å². The number of carbonyl (C=O) groups is 1. The molecular formula is C14H10ClF2NO2. The van der Waals surface area contributed by atoms with Crippen LogP contribution >= 0.6 is 11.6 Å². The Bertz CT molecular complexity index is 666. The molecule has 104 valence electrons. The SMILES string of the molecule is Cc1ccc(O)c(C(=O)Nc2c(F)cc(F)cc2Cl)c1.